The summed E-state index contributed by atoms with van der Waals surface area (Å²) in [7, 11) is 0. The molecule has 1 saturated heterocycles. The Kier molecular flexibility index (Phi) is 3.66. The van der Waals surface area contributed by atoms with Crippen molar-refractivity contribution in [2.45, 2.75) is 31.8 Å². The Hall–Kier alpha value is -0.870. The molecule has 1 atom stereocenters. The van der Waals surface area contributed by atoms with Gasteiger partial charge in [-0.25, -0.2) is 4.98 Å². The Labute approximate surface area is 116 Å². The van der Waals surface area contributed by atoms with Crippen molar-refractivity contribution in [3.8, 4) is 0 Å². The molecule has 0 N–H and O–H groups in total. The van der Waals surface area contributed by atoms with Crippen LogP contribution >= 0.6 is 15.9 Å². The third kappa shape index (κ3) is 2.45. The van der Waals surface area contributed by atoms with Gasteiger partial charge in [-0.1, -0.05) is 28.4 Å². The molecule has 18 heavy (non-hydrogen) atoms. The molecule has 0 saturated carbocycles. The van der Waals surface area contributed by atoms with Crippen molar-refractivity contribution in [2.24, 2.45) is 0 Å². The van der Waals surface area contributed by atoms with E-state index in [0.717, 1.165) is 17.5 Å². The van der Waals surface area contributed by atoms with Crippen molar-refractivity contribution in [3.63, 3.8) is 0 Å². The quantitative estimate of drug-likeness (QED) is 0.812. The second kappa shape index (κ2) is 5.41. The molecule has 0 amide bonds. The molecule has 3 heterocycles. The fraction of sp³-hybridized carbons (Fsp3) is 0.500. The summed E-state index contributed by atoms with van der Waals surface area (Å²) in [5, 5.41) is 1.07. The maximum absolute atomic E-state index is 4.68. The van der Waals surface area contributed by atoms with Crippen molar-refractivity contribution >= 4 is 21.6 Å². The lowest BCUT2D eigenvalue weighted by atomic mass is 10.0. The Bertz CT molecular complexity index is 489. The van der Waals surface area contributed by atoms with Crippen LogP contribution in [0.15, 0.2) is 30.6 Å². The standard InChI is InChI=1S/C14H18BrN3/c15-9-13-5-1-3-7-17(13)10-12-11-18-8-4-2-6-14(18)16-12/h2,4,6,8,11,13H,1,3,5,7,9-10H2. The fourth-order valence-electron chi connectivity index (χ4n) is 2.71. The molecule has 2 aromatic heterocycles. The molecule has 0 bridgehead atoms. The van der Waals surface area contributed by atoms with E-state index in [9.17, 15) is 0 Å². The summed E-state index contributed by atoms with van der Waals surface area (Å²) in [5.41, 5.74) is 2.22. The SMILES string of the molecule is BrCC1CCCCN1Cc1cn2ccccc2n1. The monoisotopic (exact) mass is 307 g/mol. The van der Waals surface area contributed by atoms with E-state index in [4.69, 9.17) is 0 Å². The molecule has 3 nitrogen and oxygen atoms in total. The lowest BCUT2D eigenvalue weighted by molar-refractivity contribution is 0.155. The van der Waals surface area contributed by atoms with Crippen LogP contribution in [0, 0.1) is 0 Å². The topological polar surface area (TPSA) is 20.5 Å². The van der Waals surface area contributed by atoms with E-state index < -0.39 is 0 Å². The minimum absolute atomic E-state index is 0.670. The van der Waals surface area contributed by atoms with Gasteiger partial charge in [0.2, 0.25) is 0 Å². The number of nitrogens with zero attached hydrogens (tertiary/aromatic N) is 3. The zero-order valence-corrected chi connectivity index (χ0v) is 12.0. The van der Waals surface area contributed by atoms with Gasteiger partial charge in [0.1, 0.15) is 5.65 Å². The van der Waals surface area contributed by atoms with Crippen molar-refractivity contribution in [3.05, 3.63) is 36.3 Å². The number of rotatable bonds is 3. The van der Waals surface area contributed by atoms with Gasteiger partial charge in [-0.05, 0) is 31.5 Å². The number of aromatic nitrogens is 2. The Morgan fingerprint density at radius 2 is 2.28 bits per heavy atom. The molecule has 3 rings (SSSR count). The number of imidazole rings is 1. The highest BCUT2D eigenvalue weighted by molar-refractivity contribution is 9.09. The second-order valence-corrected chi connectivity index (χ2v) is 5.62. The Morgan fingerprint density at radius 1 is 1.33 bits per heavy atom. The van der Waals surface area contributed by atoms with Crippen LogP contribution in [0.3, 0.4) is 0 Å². The molecule has 2 aromatic rings. The van der Waals surface area contributed by atoms with Crippen LogP contribution in [0.4, 0.5) is 0 Å². The van der Waals surface area contributed by atoms with Crippen LogP contribution in [-0.2, 0) is 6.54 Å². The molecule has 0 aliphatic carbocycles. The highest BCUT2D eigenvalue weighted by atomic mass is 79.9. The average Bonchev–Trinajstić information content (AvgIpc) is 2.81. The van der Waals surface area contributed by atoms with Gasteiger partial charge < -0.3 is 4.40 Å². The van der Waals surface area contributed by atoms with E-state index in [2.05, 4.69) is 48.7 Å². The Balaban J connectivity index is 1.78. The highest BCUT2D eigenvalue weighted by Crippen LogP contribution is 2.20. The number of likely N-dealkylation sites (tertiary alicyclic amines) is 1. The van der Waals surface area contributed by atoms with Gasteiger partial charge in [0.05, 0.1) is 5.69 Å². The largest absolute Gasteiger partial charge is 0.307 e. The van der Waals surface area contributed by atoms with Crippen LogP contribution in [0.5, 0.6) is 0 Å². The van der Waals surface area contributed by atoms with Crippen LogP contribution in [-0.4, -0.2) is 32.2 Å². The summed E-state index contributed by atoms with van der Waals surface area (Å²) >= 11 is 3.63. The number of alkyl halides is 1. The lowest BCUT2D eigenvalue weighted by Crippen LogP contribution is -2.40. The number of fused-ring (bicyclic) bond motifs is 1. The third-order valence-electron chi connectivity index (χ3n) is 3.71. The predicted octanol–water partition coefficient (Wildman–Crippen LogP) is 3.08. The summed E-state index contributed by atoms with van der Waals surface area (Å²) in [6, 6.07) is 6.81. The first kappa shape index (κ1) is 12.2. The van der Waals surface area contributed by atoms with E-state index in [1.807, 2.05) is 12.1 Å². The van der Waals surface area contributed by atoms with Crippen LogP contribution in [0.1, 0.15) is 25.0 Å². The molecule has 0 aromatic carbocycles. The molecule has 0 radical (unpaired) electrons. The number of piperidine rings is 1. The van der Waals surface area contributed by atoms with Crippen LogP contribution < -0.4 is 0 Å². The predicted molar refractivity (Wildman–Crippen MR) is 77.0 cm³/mol. The van der Waals surface area contributed by atoms with Crippen molar-refractivity contribution < 1.29 is 0 Å². The van der Waals surface area contributed by atoms with Gasteiger partial charge in [0.25, 0.3) is 0 Å². The number of hydrogen-bond acceptors (Lipinski definition) is 2. The molecular formula is C14H18BrN3. The minimum Gasteiger partial charge on any atom is -0.307 e. The van der Waals surface area contributed by atoms with E-state index in [0.29, 0.717) is 6.04 Å². The zero-order valence-electron chi connectivity index (χ0n) is 10.4. The lowest BCUT2D eigenvalue weighted by Gasteiger charge is -2.34. The van der Waals surface area contributed by atoms with Gasteiger partial charge in [-0.3, -0.25) is 4.90 Å². The minimum atomic E-state index is 0.670. The molecule has 1 aliphatic heterocycles. The molecule has 1 unspecified atom stereocenters. The normalized spacial score (nSPS) is 21.5. The molecule has 1 fully saturated rings. The van der Waals surface area contributed by atoms with Crippen LogP contribution in [0.25, 0.3) is 5.65 Å². The van der Waals surface area contributed by atoms with E-state index in [1.54, 1.807) is 0 Å². The molecule has 4 heteroatoms. The van der Waals surface area contributed by atoms with Crippen molar-refractivity contribution in [1.82, 2.24) is 14.3 Å². The average molecular weight is 308 g/mol. The van der Waals surface area contributed by atoms with Crippen molar-refractivity contribution in [2.75, 3.05) is 11.9 Å². The first-order valence-electron chi connectivity index (χ1n) is 6.59. The highest BCUT2D eigenvalue weighted by Gasteiger charge is 2.21. The van der Waals surface area contributed by atoms with E-state index in [-0.39, 0.29) is 0 Å². The van der Waals surface area contributed by atoms with Gasteiger partial charge >= 0.3 is 0 Å². The third-order valence-corrected chi connectivity index (χ3v) is 4.45. The maximum atomic E-state index is 4.68. The first-order chi connectivity index (χ1) is 8.86. The molecule has 1 aliphatic rings. The molecule has 96 valence electrons. The number of halogens is 1. The van der Waals surface area contributed by atoms with Crippen LogP contribution in [0.2, 0.25) is 0 Å². The number of hydrogen-bond donors (Lipinski definition) is 0. The van der Waals surface area contributed by atoms with Gasteiger partial charge in [-0.15, -0.1) is 0 Å². The smallest absolute Gasteiger partial charge is 0.137 e. The summed E-state index contributed by atoms with van der Waals surface area (Å²) in [5.74, 6) is 0. The molecular weight excluding hydrogens is 290 g/mol. The molecule has 0 spiro atoms. The summed E-state index contributed by atoms with van der Waals surface area (Å²) in [6.45, 7) is 2.17. The van der Waals surface area contributed by atoms with Gasteiger partial charge in [-0.2, -0.15) is 0 Å². The fourth-order valence-corrected chi connectivity index (χ4v) is 3.45. The summed E-state index contributed by atoms with van der Waals surface area (Å²) in [4.78, 5) is 7.24. The Morgan fingerprint density at radius 3 is 3.11 bits per heavy atom. The summed E-state index contributed by atoms with van der Waals surface area (Å²) in [6.07, 6.45) is 8.19. The number of pyridine rings is 1. The van der Waals surface area contributed by atoms with Gasteiger partial charge in [0.15, 0.2) is 0 Å². The zero-order chi connectivity index (χ0) is 12.4. The maximum Gasteiger partial charge on any atom is 0.137 e. The van der Waals surface area contributed by atoms with E-state index in [1.165, 1.54) is 31.5 Å². The van der Waals surface area contributed by atoms with Gasteiger partial charge in [0, 0.05) is 30.3 Å². The van der Waals surface area contributed by atoms with Crippen molar-refractivity contribution in [1.29, 1.82) is 0 Å². The second-order valence-electron chi connectivity index (χ2n) is 4.97. The summed E-state index contributed by atoms with van der Waals surface area (Å²) < 4.78 is 2.10. The van der Waals surface area contributed by atoms with E-state index >= 15 is 0 Å². The first-order valence-corrected chi connectivity index (χ1v) is 7.71.